The molecule has 2 heterocycles. The fourth-order valence-electron chi connectivity index (χ4n) is 1.70. The highest BCUT2D eigenvalue weighted by molar-refractivity contribution is 5.63. The molecule has 0 radical (unpaired) electrons. The average Bonchev–Trinajstić information content (AvgIpc) is 2.29. The van der Waals surface area contributed by atoms with Crippen molar-refractivity contribution < 1.29 is 0 Å². The van der Waals surface area contributed by atoms with E-state index in [1.807, 2.05) is 32.3 Å². The van der Waals surface area contributed by atoms with Gasteiger partial charge in [-0.1, -0.05) is 0 Å². The lowest BCUT2D eigenvalue weighted by atomic mass is 10.1. The zero-order chi connectivity index (χ0) is 11.5. The van der Waals surface area contributed by atoms with Gasteiger partial charge in [0.05, 0.1) is 5.69 Å². The molecule has 0 atom stereocenters. The smallest absolute Gasteiger partial charge is 0.0569 e. The van der Waals surface area contributed by atoms with Crippen molar-refractivity contribution in [2.75, 3.05) is 0 Å². The number of aromatic nitrogens is 2. The third-order valence-electron chi connectivity index (χ3n) is 2.61. The molecule has 0 spiro atoms. The summed E-state index contributed by atoms with van der Waals surface area (Å²) in [5.74, 6) is 0. The van der Waals surface area contributed by atoms with Crippen LogP contribution in [0.3, 0.4) is 0 Å². The van der Waals surface area contributed by atoms with Gasteiger partial charge in [0, 0.05) is 30.2 Å². The molecule has 0 fully saturated rings. The van der Waals surface area contributed by atoms with Crippen LogP contribution in [0.1, 0.15) is 17.0 Å². The number of rotatable bonds is 2. The molecule has 3 nitrogen and oxygen atoms in total. The van der Waals surface area contributed by atoms with Crippen molar-refractivity contribution in [3.05, 3.63) is 47.5 Å². The molecule has 82 valence electrons. The quantitative estimate of drug-likeness (QED) is 0.832. The lowest BCUT2D eigenvalue weighted by Gasteiger charge is -2.06. The summed E-state index contributed by atoms with van der Waals surface area (Å²) < 4.78 is 0. The lowest BCUT2D eigenvalue weighted by molar-refractivity contribution is 0.969. The highest BCUT2D eigenvalue weighted by Crippen LogP contribution is 2.20. The van der Waals surface area contributed by atoms with Crippen molar-refractivity contribution in [1.29, 1.82) is 0 Å². The maximum atomic E-state index is 5.59. The number of nitrogens with zero attached hydrogens (tertiary/aromatic N) is 2. The van der Waals surface area contributed by atoms with Gasteiger partial charge in [-0.25, -0.2) is 0 Å². The predicted octanol–water partition coefficient (Wildman–Crippen LogP) is 2.22. The van der Waals surface area contributed by atoms with Crippen LogP contribution in [0.4, 0.5) is 0 Å². The van der Waals surface area contributed by atoms with E-state index in [-0.39, 0.29) is 0 Å². The van der Waals surface area contributed by atoms with Crippen molar-refractivity contribution >= 4 is 0 Å². The minimum atomic E-state index is 0.488. The van der Waals surface area contributed by atoms with Crippen LogP contribution in [0.5, 0.6) is 0 Å². The zero-order valence-electron chi connectivity index (χ0n) is 9.57. The largest absolute Gasteiger partial charge is 0.325 e. The van der Waals surface area contributed by atoms with Gasteiger partial charge in [0.2, 0.25) is 0 Å². The molecule has 0 aliphatic carbocycles. The van der Waals surface area contributed by atoms with E-state index < -0.39 is 0 Å². The second-order valence-corrected chi connectivity index (χ2v) is 3.88. The summed E-state index contributed by atoms with van der Waals surface area (Å²) in [5.41, 5.74) is 10.9. The third kappa shape index (κ3) is 2.09. The Labute approximate surface area is 95.4 Å². The number of aryl methyl sites for hydroxylation is 2. The minimum absolute atomic E-state index is 0.488. The van der Waals surface area contributed by atoms with E-state index in [9.17, 15) is 0 Å². The SMILES string of the molecule is Cc1cc(-c2cnc(CN)c(C)c2)ccn1. The number of hydrogen-bond donors (Lipinski definition) is 1. The molecule has 2 aromatic rings. The van der Waals surface area contributed by atoms with E-state index in [1.165, 1.54) is 0 Å². The third-order valence-corrected chi connectivity index (χ3v) is 2.61. The molecule has 3 heteroatoms. The molecule has 0 saturated heterocycles. The monoisotopic (exact) mass is 213 g/mol. The van der Waals surface area contributed by atoms with Crippen LogP contribution in [-0.4, -0.2) is 9.97 Å². The van der Waals surface area contributed by atoms with Gasteiger partial charge in [-0.2, -0.15) is 0 Å². The molecule has 0 bridgehead atoms. The van der Waals surface area contributed by atoms with Crippen molar-refractivity contribution in [2.45, 2.75) is 20.4 Å². The van der Waals surface area contributed by atoms with Crippen molar-refractivity contribution in [2.24, 2.45) is 5.73 Å². The van der Waals surface area contributed by atoms with Crippen LogP contribution in [-0.2, 0) is 6.54 Å². The second kappa shape index (κ2) is 4.41. The standard InChI is InChI=1S/C13H15N3/c1-9-5-12(8-16-13(9)7-14)11-3-4-15-10(2)6-11/h3-6,8H,7,14H2,1-2H3. The fraction of sp³-hybridized carbons (Fsp3) is 0.231. The second-order valence-electron chi connectivity index (χ2n) is 3.88. The number of hydrogen-bond acceptors (Lipinski definition) is 3. The van der Waals surface area contributed by atoms with E-state index in [0.717, 1.165) is 28.1 Å². The van der Waals surface area contributed by atoms with E-state index in [0.29, 0.717) is 6.54 Å². The van der Waals surface area contributed by atoms with Crippen LogP contribution in [0.2, 0.25) is 0 Å². The van der Waals surface area contributed by atoms with E-state index in [1.54, 1.807) is 0 Å². The highest BCUT2D eigenvalue weighted by atomic mass is 14.7. The molecule has 2 N–H and O–H groups in total. The Morgan fingerprint density at radius 2 is 1.94 bits per heavy atom. The van der Waals surface area contributed by atoms with E-state index >= 15 is 0 Å². The van der Waals surface area contributed by atoms with Gasteiger partial charge in [-0.15, -0.1) is 0 Å². The zero-order valence-corrected chi connectivity index (χ0v) is 9.57. The van der Waals surface area contributed by atoms with Gasteiger partial charge >= 0.3 is 0 Å². The van der Waals surface area contributed by atoms with Crippen molar-refractivity contribution in [3.8, 4) is 11.1 Å². The van der Waals surface area contributed by atoms with Crippen molar-refractivity contribution in [3.63, 3.8) is 0 Å². The van der Waals surface area contributed by atoms with Gasteiger partial charge in [-0.3, -0.25) is 9.97 Å². The summed E-state index contributed by atoms with van der Waals surface area (Å²) in [4.78, 5) is 8.54. The van der Waals surface area contributed by atoms with Gasteiger partial charge in [0.15, 0.2) is 0 Å². The molecular formula is C13H15N3. The molecule has 0 unspecified atom stereocenters. The van der Waals surface area contributed by atoms with Gasteiger partial charge in [0.25, 0.3) is 0 Å². The lowest BCUT2D eigenvalue weighted by Crippen LogP contribution is -2.02. The summed E-state index contributed by atoms with van der Waals surface area (Å²) in [7, 11) is 0. The van der Waals surface area contributed by atoms with Crippen LogP contribution in [0, 0.1) is 13.8 Å². The Morgan fingerprint density at radius 3 is 2.56 bits per heavy atom. The van der Waals surface area contributed by atoms with Crippen molar-refractivity contribution in [1.82, 2.24) is 9.97 Å². The average molecular weight is 213 g/mol. The number of pyridine rings is 2. The summed E-state index contributed by atoms with van der Waals surface area (Å²) in [5, 5.41) is 0. The normalized spacial score (nSPS) is 10.4. The molecule has 2 aromatic heterocycles. The van der Waals surface area contributed by atoms with E-state index in [2.05, 4.69) is 22.1 Å². The summed E-state index contributed by atoms with van der Waals surface area (Å²) in [6.07, 6.45) is 3.68. The molecule has 0 aliphatic heterocycles. The molecular weight excluding hydrogens is 198 g/mol. The molecule has 0 aliphatic rings. The fourth-order valence-corrected chi connectivity index (χ4v) is 1.70. The summed E-state index contributed by atoms with van der Waals surface area (Å²) in [6, 6.07) is 6.16. The molecule has 0 amide bonds. The Balaban J connectivity index is 2.45. The summed E-state index contributed by atoms with van der Waals surface area (Å²) in [6.45, 7) is 4.51. The van der Waals surface area contributed by atoms with Crippen LogP contribution in [0.25, 0.3) is 11.1 Å². The number of nitrogens with two attached hydrogens (primary N) is 1. The highest BCUT2D eigenvalue weighted by Gasteiger charge is 2.02. The molecule has 0 aromatic carbocycles. The first-order valence-electron chi connectivity index (χ1n) is 5.29. The molecule has 2 rings (SSSR count). The molecule has 0 saturated carbocycles. The Kier molecular flexibility index (Phi) is 2.97. The maximum absolute atomic E-state index is 5.59. The molecule has 16 heavy (non-hydrogen) atoms. The predicted molar refractivity (Wildman–Crippen MR) is 64.8 cm³/mol. The Hall–Kier alpha value is -1.74. The Morgan fingerprint density at radius 1 is 1.12 bits per heavy atom. The maximum Gasteiger partial charge on any atom is 0.0569 e. The van der Waals surface area contributed by atoms with Gasteiger partial charge in [-0.05, 0) is 43.2 Å². The Bertz CT molecular complexity index is 506. The van der Waals surface area contributed by atoms with Crippen LogP contribution < -0.4 is 5.73 Å². The minimum Gasteiger partial charge on any atom is -0.325 e. The first-order valence-corrected chi connectivity index (χ1v) is 5.29. The first kappa shape index (κ1) is 10.8. The van der Waals surface area contributed by atoms with Gasteiger partial charge < -0.3 is 5.73 Å². The van der Waals surface area contributed by atoms with Crippen LogP contribution in [0.15, 0.2) is 30.6 Å². The topological polar surface area (TPSA) is 51.8 Å². The van der Waals surface area contributed by atoms with Gasteiger partial charge in [0.1, 0.15) is 0 Å². The van der Waals surface area contributed by atoms with E-state index in [4.69, 9.17) is 5.73 Å². The van der Waals surface area contributed by atoms with Crippen LogP contribution >= 0.6 is 0 Å². The summed E-state index contributed by atoms with van der Waals surface area (Å²) >= 11 is 0. The first-order chi connectivity index (χ1) is 7.70.